The van der Waals surface area contributed by atoms with Gasteiger partial charge in [-0.1, -0.05) is 32.0 Å². The van der Waals surface area contributed by atoms with Crippen LogP contribution in [0.3, 0.4) is 0 Å². The molecule has 25 heavy (non-hydrogen) atoms. The molecule has 1 aliphatic rings. The predicted molar refractivity (Wildman–Crippen MR) is 109 cm³/mol. The van der Waals surface area contributed by atoms with E-state index in [4.69, 9.17) is 0 Å². The fraction of sp³-hybridized carbons (Fsp3) is 0.650. The minimum atomic E-state index is 0. The second-order valence-corrected chi connectivity index (χ2v) is 7.35. The van der Waals surface area contributed by atoms with E-state index in [1.807, 2.05) is 7.05 Å². The van der Waals surface area contributed by atoms with Gasteiger partial charge in [0, 0.05) is 5.69 Å². The summed E-state index contributed by atoms with van der Waals surface area (Å²) >= 11 is 0. The molecule has 1 heterocycles. The standard InChI is InChI=1S/C20H33N3O.ClH/c1-15(2)18-7-5-6-16(3)20(18)22-19(24)14-23-12-9-17(10-13-23)8-11-21-4;/h5-7,15,17,21H,8-14H2,1-4H3,(H,22,24);1H. The molecule has 0 aliphatic carbocycles. The fourth-order valence-electron chi connectivity index (χ4n) is 3.51. The van der Waals surface area contributed by atoms with E-state index in [2.05, 4.69) is 54.5 Å². The molecule has 0 spiro atoms. The first-order valence-corrected chi connectivity index (χ1v) is 9.27. The summed E-state index contributed by atoms with van der Waals surface area (Å²) in [5.41, 5.74) is 3.36. The molecule has 0 atom stereocenters. The zero-order valence-electron chi connectivity index (χ0n) is 16.1. The van der Waals surface area contributed by atoms with Crippen molar-refractivity contribution in [3.05, 3.63) is 29.3 Å². The number of likely N-dealkylation sites (tertiary alicyclic amines) is 1. The Kier molecular flexibility index (Phi) is 9.47. The summed E-state index contributed by atoms with van der Waals surface area (Å²) in [6.45, 7) is 10.1. The second kappa shape index (κ2) is 10.8. The largest absolute Gasteiger partial charge is 0.324 e. The van der Waals surface area contributed by atoms with Crippen LogP contribution >= 0.6 is 12.4 Å². The summed E-state index contributed by atoms with van der Waals surface area (Å²) in [5, 5.41) is 6.39. The lowest BCUT2D eigenvalue weighted by Crippen LogP contribution is -2.39. The molecule has 0 aromatic heterocycles. The summed E-state index contributed by atoms with van der Waals surface area (Å²) in [6.07, 6.45) is 3.66. The lowest BCUT2D eigenvalue weighted by molar-refractivity contribution is -0.117. The number of rotatable bonds is 7. The predicted octanol–water partition coefficient (Wildman–Crippen LogP) is 3.80. The fourth-order valence-corrected chi connectivity index (χ4v) is 3.51. The summed E-state index contributed by atoms with van der Waals surface area (Å²) in [7, 11) is 2.01. The van der Waals surface area contributed by atoms with E-state index >= 15 is 0 Å². The maximum absolute atomic E-state index is 12.5. The minimum absolute atomic E-state index is 0. The van der Waals surface area contributed by atoms with Gasteiger partial charge in [-0.05, 0) is 75.8 Å². The molecule has 2 rings (SSSR count). The number of carbonyl (C=O) groups excluding carboxylic acids is 1. The number of hydrogen-bond donors (Lipinski definition) is 2. The number of halogens is 1. The van der Waals surface area contributed by atoms with Crippen LogP contribution in [0, 0.1) is 12.8 Å². The average molecular weight is 368 g/mol. The van der Waals surface area contributed by atoms with Gasteiger partial charge in [-0.2, -0.15) is 0 Å². The summed E-state index contributed by atoms with van der Waals surface area (Å²) in [4.78, 5) is 14.8. The smallest absolute Gasteiger partial charge is 0.238 e. The third-order valence-electron chi connectivity index (χ3n) is 5.07. The number of carbonyl (C=O) groups is 1. The van der Waals surface area contributed by atoms with Crippen molar-refractivity contribution in [2.45, 2.75) is 46.0 Å². The Morgan fingerprint density at radius 2 is 1.96 bits per heavy atom. The van der Waals surface area contributed by atoms with E-state index in [1.54, 1.807) is 0 Å². The van der Waals surface area contributed by atoms with Crippen molar-refractivity contribution >= 4 is 24.0 Å². The number of hydrogen-bond acceptors (Lipinski definition) is 3. The first-order valence-electron chi connectivity index (χ1n) is 9.27. The molecule has 0 saturated carbocycles. The molecule has 1 saturated heterocycles. The minimum Gasteiger partial charge on any atom is -0.324 e. The number of para-hydroxylation sites is 1. The van der Waals surface area contributed by atoms with Crippen molar-refractivity contribution < 1.29 is 4.79 Å². The number of anilines is 1. The van der Waals surface area contributed by atoms with Crippen molar-refractivity contribution in [2.75, 3.05) is 38.5 Å². The van der Waals surface area contributed by atoms with E-state index in [1.165, 1.54) is 24.8 Å². The number of aryl methyl sites for hydroxylation is 1. The van der Waals surface area contributed by atoms with E-state index in [9.17, 15) is 4.79 Å². The van der Waals surface area contributed by atoms with Gasteiger partial charge in [-0.15, -0.1) is 12.4 Å². The van der Waals surface area contributed by atoms with Gasteiger partial charge in [-0.3, -0.25) is 9.69 Å². The highest BCUT2D eigenvalue weighted by Gasteiger charge is 2.21. The molecule has 5 heteroatoms. The van der Waals surface area contributed by atoms with Crippen LogP contribution in [-0.2, 0) is 4.79 Å². The van der Waals surface area contributed by atoms with Gasteiger partial charge in [0.1, 0.15) is 0 Å². The summed E-state index contributed by atoms with van der Waals surface area (Å²) < 4.78 is 0. The number of piperidine rings is 1. The van der Waals surface area contributed by atoms with Gasteiger partial charge in [0.05, 0.1) is 6.54 Å². The molecule has 0 unspecified atom stereocenters. The topological polar surface area (TPSA) is 44.4 Å². The van der Waals surface area contributed by atoms with Crippen molar-refractivity contribution in [1.29, 1.82) is 0 Å². The molecule has 4 nitrogen and oxygen atoms in total. The van der Waals surface area contributed by atoms with E-state index < -0.39 is 0 Å². The molecular weight excluding hydrogens is 334 g/mol. The van der Waals surface area contributed by atoms with Gasteiger partial charge < -0.3 is 10.6 Å². The third-order valence-corrected chi connectivity index (χ3v) is 5.07. The highest BCUT2D eigenvalue weighted by molar-refractivity contribution is 5.93. The van der Waals surface area contributed by atoms with Crippen LogP contribution in [-0.4, -0.2) is 44.0 Å². The number of nitrogens with one attached hydrogen (secondary N) is 2. The first-order chi connectivity index (χ1) is 11.5. The molecule has 2 N–H and O–H groups in total. The van der Waals surface area contributed by atoms with Crippen LogP contribution in [0.4, 0.5) is 5.69 Å². The van der Waals surface area contributed by atoms with Crippen LogP contribution in [0.1, 0.15) is 50.2 Å². The Balaban J connectivity index is 0.00000312. The second-order valence-electron chi connectivity index (χ2n) is 7.35. The molecular formula is C20H34ClN3O. The molecule has 142 valence electrons. The van der Waals surface area contributed by atoms with Crippen molar-refractivity contribution in [2.24, 2.45) is 5.92 Å². The molecule has 0 bridgehead atoms. The van der Waals surface area contributed by atoms with Crippen LogP contribution in [0.15, 0.2) is 18.2 Å². The number of benzene rings is 1. The zero-order valence-corrected chi connectivity index (χ0v) is 16.9. The lowest BCUT2D eigenvalue weighted by atomic mass is 9.93. The van der Waals surface area contributed by atoms with Gasteiger partial charge in [-0.25, -0.2) is 0 Å². The van der Waals surface area contributed by atoms with Crippen molar-refractivity contribution in [3.8, 4) is 0 Å². The quantitative estimate of drug-likeness (QED) is 0.770. The Morgan fingerprint density at radius 1 is 1.28 bits per heavy atom. The molecule has 0 radical (unpaired) electrons. The van der Waals surface area contributed by atoms with Gasteiger partial charge in [0.2, 0.25) is 5.91 Å². The Labute approximate surface area is 159 Å². The molecule has 1 fully saturated rings. The van der Waals surface area contributed by atoms with Gasteiger partial charge in [0.15, 0.2) is 0 Å². The lowest BCUT2D eigenvalue weighted by Gasteiger charge is -2.31. The highest BCUT2D eigenvalue weighted by Crippen LogP contribution is 2.27. The number of nitrogens with zero attached hydrogens (tertiary/aromatic N) is 1. The molecule has 1 aromatic rings. The zero-order chi connectivity index (χ0) is 17.5. The summed E-state index contributed by atoms with van der Waals surface area (Å²) in [6, 6.07) is 6.24. The van der Waals surface area contributed by atoms with Crippen LogP contribution in [0.2, 0.25) is 0 Å². The van der Waals surface area contributed by atoms with Gasteiger partial charge in [0.25, 0.3) is 0 Å². The Bertz CT molecular complexity index is 540. The maximum atomic E-state index is 12.5. The van der Waals surface area contributed by atoms with E-state index in [0.29, 0.717) is 12.5 Å². The average Bonchev–Trinajstić information content (AvgIpc) is 2.56. The first kappa shape index (κ1) is 21.9. The normalized spacial score (nSPS) is 15.9. The Morgan fingerprint density at radius 3 is 2.56 bits per heavy atom. The maximum Gasteiger partial charge on any atom is 0.238 e. The highest BCUT2D eigenvalue weighted by atomic mass is 35.5. The van der Waals surface area contributed by atoms with Crippen molar-refractivity contribution in [1.82, 2.24) is 10.2 Å². The third kappa shape index (κ3) is 6.61. The molecule has 1 aromatic carbocycles. The summed E-state index contributed by atoms with van der Waals surface area (Å²) in [5.74, 6) is 1.32. The van der Waals surface area contributed by atoms with Gasteiger partial charge >= 0.3 is 0 Å². The number of amides is 1. The van der Waals surface area contributed by atoms with Crippen LogP contribution in [0.5, 0.6) is 0 Å². The van der Waals surface area contributed by atoms with Crippen LogP contribution in [0.25, 0.3) is 0 Å². The molecule has 1 amide bonds. The Hall–Kier alpha value is -1.10. The monoisotopic (exact) mass is 367 g/mol. The van der Waals surface area contributed by atoms with Crippen LogP contribution < -0.4 is 10.6 Å². The molecule has 1 aliphatic heterocycles. The van der Waals surface area contributed by atoms with Crippen molar-refractivity contribution in [3.63, 3.8) is 0 Å². The SMILES string of the molecule is CNCCC1CCN(CC(=O)Nc2c(C)cccc2C(C)C)CC1.Cl. The van der Waals surface area contributed by atoms with E-state index in [0.717, 1.165) is 36.8 Å². The van der Waals surface area contributed by atoms with E-state index in [-0.39, 0.29) is 18.3 Å².